The third kappa shape index (κ3) is 3.18. The highest BCUT2D eigenvalue weighted by molar-refractivity contribution is 7.99. The van der Waals surface area contributed by atoms with Gasteiger partial charge in [0.1, 0.15) is 5.41 Å². The molecule has 1 rings (SSSR count). The largest absolute Gasteiger partial charge is 0.328 e. The third-order valence-corrected chi connectivity index (χ3v) is 4.72. The van der Waals surface area contributed by atoms with Crippen LogP contribution in [0.25, 0.3) is 0 Å². The molecular formula is C13H20N2O3S. The van der Waals surface area contributed by atoms with E-state index in [1.54, 1.807) is 17.8 Å². The summed E-state index contributed by atoms with van der Waals surface area (Å²) in [6.07, 6.45) is 3.86. The first-order chi connectivity index (χ1) is 8.98. The van der Waals surface area contributed by atoms with Crippen LogP contribution in [0.15, 0.2) is 12.7 Å². The number of imide groups is 2. The van der Waals surface area contributed by atoms with Crippen LogP contribution in [0.2, 0.25) is 0 Å². The van der Waals surface area contributed by atoms with Gasteiger partial charge in [-0.3, -0.25) is 20.2 Å². The van der Waals surface area contributed by atoms with Crippen LogP contribution in [0.3, 0.4) is 0 Å². The number of hydrogen-bond donors (Lipinski definition) is 2. The van der Waals surface area contributed by atoms with E-state index >= 15 is 0 Å². The van der Waals surface area contributed by atoms with Crippen molar-refractivity contribution in [1.29, 1.82) is 0 Å². The Labute approximate surface area is 117 Å². The molecule has 0 spiro atoms. The molecule has 19 heavy (non-hydrogen) atoms. The van der Waals surface area contributed by atoms with Gasteiger partial charge in [-0.25, -0.2) is 4.79 Å². The number of allylic oxidation sites excluding steroid dienone is 1. The zero-order valence-electron chi connectivity index (χ0n) is 11.3. The van der Waals surface area contributed by atoms with Crippen LogP contribution in [-0.4, -0.2) is 28.8 Å². The maximum Gasteiger partial charge on any atom is 0.328 e. The molecule has 5 nitrogen and oxygen atoms in total. The molecule has 1 heterocycles. The Bertz CT molecular complexity index is 375. The fraction of sp³-hybridized carbons (Fsp3) is 0.615. The Kier molecular flexibility index (Phi) is 5.60. The number of carbonyl (C=O) groups is 3. The van der Waals surface area contributed by atoms with Gasteiger partial charge in [0.2, 0.25) is 11.8 Å². The lowest BCUT2D eigenvalue weighted by Crippen LogP contribution is -2.65. The van der Waals surface area contributed by atoms with Gasteiger partial charge in [-0.1, -0.05) is 26.3 Å². The molecule has 1 saturated heterocycles. The maximum absolute atomic E-state index is 12.1. The van der Waals surface area contributed by atoms with Gasteiger partial charge in [0.05, 0.1) is 0 Å². The van der Waals surface area contributed by atoms with Crippen molar-refractivity contribution in [2.75, 3.05) is 5.75 Å². The molecule has 0 aromatic carbocycles. The van der Waals surface area contributed by atoms with E-state index in [4.69, 9.17) is 0 Å². The molecule has 0 aromatic rings. The summed E-state index contributed by atoms with van der Waals surface area (Å²) in [6.45, 7) is 7.55. The maximum atomic E-state index is 12.1. The predicted octanol–water partition coefficient (Wildman–Crippen LogP) is 1.84. The first kappa shape index (κ1) is 15.8. The summed E-state index contributed by atoms with van der Waals surface area (Å²) in [4.78, 5) is 35.5. The average molecular weight is 284 g/mol. The number of nitrogens with one attached hydrogen (secondary N) is 2. The zero-order valence-corrected chi connectivity index (χ0v) is 12.1. The molecule has 1 atom stereocenters. The molecule has 0 bridgehead atoms. The zero-order chi connectivity index (χ0) is 14.5. The molecule has 6 heteroatoms. The van der Waals surface area contributed by atoms with Crippen LogP contribution in [0.5, 0.6) is 0 Å². The average Bonchev–Trinajstić information content (AvgIpc) is 2.34. The summed E-state index contributed by atoms with van der Waals surface area (Å²) in [5.41, 5.74) is -1.24. The first-order valence-electron chi connectivity index (χ1n) is 6.38. The second-order valence-electron chi connectivity index (χ2n) is 4.57. The summed E-state index contributed by atoms with van der Waals surface area (Å²) in [5, 5.41) is 4.15. The predicted molar refractivity (Wildman–Crippen MR) is 75.8 cm³/mol. The lowest BCUT2D eigenvalue weighted by atomic mass is 9.78. The lowest BCUT2D eigenvalue weighted by Gasteiger charge is -2.37. The summed E-state index contributed by atoms with van der Waals surface area (Å²) in [5.74, 6) is -0.180. The van der Waals surface area contributed by atoms with E-state index in [2.05, 4.69) is 24.1 Å². The molecule has 0 aliphatic carbocycles. The second-order valence-corrected chi connectivity index (χ2v) is 6.02. The molecule has 0 aromatic heterocycles. The van der Waals surface area contributed by atoms with Crippen molar-refractivity contribution in [2.45, 2.75) is 38.4 Å². The minimum absolute atomic E-state index is 0.217. The topological polar surface area (TPSA) is 75.3 Å². The molecule has 4 amide bonds. The summed E-state index contributed by atoms with van der Waals surface area (Å²) in [6, 6.07) is -0.750. The standard InChI is InChI=1S/C13H20N2O3S/c1-4-6-8-19-9(3)13(7-5-2)10(16)14-12(18)15-11(13)17/h5,9H,2,4,6-8H2,1,3H3,(H2,14,15,16,17,18). The van der Waals surface area contributed by atoms with E-state index in [9.17, 15) is 14.4 Å². The van der Waals surface area contributed by atoms with Gasteiger partial charge in [0.15, 0.2) is 0 Å². The molecule has 0 radical (unpaired) electrons. The molecule has 2 N–H and O–H groups in total. The molecule has 0 saturated carbocycles. The minimum atomic E-state index is -1.24. The van der Waals surface area contributed by atoms with Gasteiger partial charge in [-0.05, 0) is 18.6 Å². The smallest absolute Gasteiger partial charge is 0.277 e. The monoisotopic (exact) mass is 284 g/mol. The number of barbiturate groups is 1. The van der Waals surface area contributed by atoms with E-state index in [1.165, 1.54) is 0 Å². The number of urea groups is 1. The van der Waals surface area contributed by atoms with Crippen molar-refractivity contribution in [3.8, 4) is 0 Å². The van der Waals surface area contributed by atoms with Crippen molar-refractivity contribution in [3.05, 3.63) is 12.7 Å². The van der Waals surface area contributed by atoms with E-state index in [0.29, 0.717) is 0 Å². The Morgan fingerprint density at radius 2 is 1.89 bits per heavy atom. The number of amides is 4. The SMILES string of the molecule is C=CCC1(C(C)SCCCC)C(=O)NC(=O)NC1=O. The fourth-order valence-corrected chi connectivity index (χ4v) is 3.46. The third-order valence-electron chi connectivity index (χ3n) is 3.29. The normalized spacial score (nSPS) is 19.6. The van der Waals surface area contributed by atoms with Crippen LogP contribution in [0, 0.1) is 5.41 Å². The van der Waals surface area contributed by atoms with Gasteiger partial charge in [0.25, 0.3) is 0 Å². The van der Waals surface area contributed by atoms with Crippen molar-refractivity contribution in [3.63, 3.8) is 0 Å². The summed E-state index contributed by atoms with van der Waals surface area (Å²) in [7, 11) is 0. The number of carbonyl (C=O) groups excluding carboxylic acids is 3. The first-order valence-corrected chi connectivity index (χ1v) is 7.43. The van der Waals surface area contributed by atoms with Crippen LogP contribution in [-0.2, 0) is 9.59 Å². The van der Waals surface area contributed by atoms with Crippen molar-refractivity contribution < 1.29 is 14.4 Å². The van der Waals surface area contributed by atoms with E-state index < -0.39 is 23.3 Å². The van der Waals surface area contributed by atoms with Crippen LogP contribution >= 0.6 is 11.8 Å². The Balaban J connectivity index is 2.94. The van der Waals surface area contributed by atoms with Gasteiger partial charge < -0.3 is 0 Å². The number of thioether (sulfide) groups is 1. The number of hydrogen-bond acceptors (Lipinski definition) is 4. The quantitative estimate of drug-likeness (QED) is 0.425. The Hall–Kier alpha value is -1.30. The second kappa shape index (κ2) is 6.75. The van der Waals surface area contributed by atoms with E-state index in [-0.39, 0.29) is 11.7 Å². The van der Waals surface area contributed by atoms with Crippen LogP contribution in [0.4, 0.5) is 4.79 Å². The molecule has 1 aliphatic rings. The molecule has 1 unspecified atom stereocenters. The van der Waals surface area contributed by atoms with Crippen molar-refractivity contribution in [2.24, 2.45) is 5.41 Å². The molecule has 106 valence electrons. The lowest BCUT2D eigenvalue weighted by molar-refractivity contribution is -0.143. The minimum Gasteiger partial charge on any atom is -0.277 e. The van der Waals surface area contributed by atoms with E-state index in [1.807, 2.05) is 6.92 Å². The van der Waals surface area contributed by atoms with E-state index in [0.717, 1.165) is 18.6 Å². The Morgan fingerprint density at radius 3 is 2.37 bits per heavy atom. The van der Waals surface area contributed by atoms with Crippen molar-refractivity contribution in [1.82, 2.24) is 10.6 Å². The van der Waals surface area contributed by atoms with Gasteiger partial charge in [-0.15, -0.1) is 6.58 Å². The Morgan fingerprint density at radius 1 is 1.32 bits per heavy atom. The highest BCUT2D eigenvalue weighted by Crippen LogP contribution is 2.37. The number of rotatable bonds is 7. The highest BCUT2D eigenvalue weighted by atomic mass is 32.2. The van der Waals surface area contributed by atoms with Crippen LogP contribution in [0.1, 0.15) is 33.1 Å². The van der Waals surface area contributed by atoms with Gasteiger partial charge >= 0.3 is 6.03 Å². The van der Waals surface area contributed by atoms with Crippen LogP contribution < -0.4 is 10.6 Å². The van der Waals surface area contributed by atoms with Gasteiger partial charge in [0, 0.05) is 5.25 Å². The summed E-state index contributed by atoms with van der Waals surface area (Å²) < 4.78 is 0. The number of unbranched alkanes of at least 4 members (excludes halogenated alkanes) is 1. The molecule has 1 fully saturated rings. The highest BCUT2D eigenvalue weighted by Gasteiger charge is 2.53. The summed E-state index contributed by atoms with van der Waals surface area (Å²) >= 11 is 1.57. The van der Waals surface area contributed by atoms with Gasteiger partial charge in [-0.2, -0.15) is 11.8 Å². The fourth-order valence-electron chi connectivity index (χ4n) is 2.06. The molecule has 1 aliphatic heterocycles. The van der Waals surface area contributed by atoms with Crippen molar-refractivity contribution >= 4 is 29.6 Å². The molecular weight excluding hydrogens is 264 g/mol.